The van der Waals surface area contributed by atoms with Crippen LogP contribution in [0.4, 0.5) is 5.69 Å². The van der Waals surface area contributed by atoms with Crippen LogP contribution in [0, 0.1) is 5.41 Å². The standard InChI is InChI=1S/C13H20N2O/c1-15(9-8-13(10-14)6-7-13)11-4-2-3-5-12(11)16/h2-5,16H,6-10,14H2,1H3. The van der Waals surface area contributed by atoms with Gasteiger partial charge >= 0.3 is 0 Å². The molecule has 0 amide bonds. The lowest BCUT2D eigenvalue weighted by atomic mass is 10.0. The minimum Gasteiger partial charge on any atom is -0.506 e. The number of para-hydroxylation sites is 2. The number of rotatable bonds is 5. The van der Waals surface area contributed by atoms with Crippen LogP contribution in [0.15, 0.2) is 24.3 Å². The molecule has 0 aromatic heterocycles. The Morgan fingerprint density at radius 1 is 1.38 bits per heavy atom. The first-order valence-electron chi connectivity index (χ1n) is 5.86. The molecule has 1 fully saturated rings. The number of nitrogens with two attached hydrogens (primary N) is 1. The highest BCUT2D eigenvalue weighted by Gasteiger charge is 2.40. The van der Waals surface area contributed by atoms with Crippen LogP contribution in [0.3, 0.4) is 0 Å². The van der Waals surface area contributed by atoms with Crippen molar-refractivity contribution in [3.05, 3.63) is 24.3 Å². The molecule has 16 heavy (non-hydrogen) atoms. The Bertz CT molecular complexity index is 361. The predicted octanol–water partition coefficient (Wildman–Crippen LogP) is 1.96. The van der Waals surface area contributed by atoms with Crippen LogP contribution in [-0.4, -0.2) is 25.2 Å². The van der Waals surface area contributed by atoms with Crippen molar-refractivity contribution in [2.75, 3.05) is 25.0 Å². The number of nitrogens with zero attached hydrogens (tertiary/aromatic N) is 1. The molecule has 0 heterocycles. The third-order valence-electron chi connectivity index (χ3n) is 3.66. The summed E-state index contributed by atoms with van der Waals surface area (Å²) < 4.78 is 0. The van der Waals surface area contributed by atoms with E-state index in [1.165, 1.54) is 12.8 Å². The Labute approximate surface area is 96.9 Å². The topological polar surface area (TPSA) is 49.5 Å². The predicted molar refractivity (Wildman–Crippen MR) is 66.7 cm³/mol. The first kappa shape index (κ1) is 11.3. The van der Waals surface area contributed by atoms with E-state index in [0.29, 0.717) is 11.2 Å². The molecular formula is C13H20N2O. The Hall–Kier alpha value is -1.22. The van der Waals surface area contributed by atoms with Crippen LogP contribution in [0.5, 0.6) is 5.75 Å². The van der Waals surface area contributed by atoms with E-state index in [2.05, 4.69) is 4.90 Å². The molecule has 2 rings (SSSR count). The van der Waals surface area contributed by atoms with Crippen LogP contribution in [-0.2, 0) is 0 Å². The van der Waals surface area contributed by atoms with Gasteiger partial charge in [-0.25, -0.2) is 0 Å². The monoisotopic (exact) mass is 220 g/mol. The molecule has 3 N–H and O–H groups in total. The first-order valence-corrected chi connectivity index (χ1v) is 5.86. The second-order valence-electron chi connectivity index (χ2n) is 4.86. The summed E-state index contributed by atoms with van der Waals surface area (Å²) in [6, 6.07) is 7.45. The summed E-state index contributed by atoms with van der Waals surface area (Å²) in [5.74, 6) is 0.350. The van der Waals surface area contributed by atoms with Gasteiger partial charge in [0.15, 0.2) is 0 Å². The van der Waals surface area contributed by atoms with Crippen molar-refractivity contribution in [3.8, 4) is 5.75 Å². The van der Waals surface area contributed by atoms with Gasteiger partial charge in [0.2, 0.25) is 0 Å². The van der Waals surface area contributed by atoms with Gasteiger partial charge < -0.3 is 15.7 Å². The number of hydrogen-bond donors (Lipinski definition) is 2. The molecule has 0 radical (unpaired) electrons. The average molecular weight is 220 g/mol. The second kappa shape index (κ2) is 4.34. The highest BCUT2D eigenvalue weighted by Crippen LogP contribution is 2.47. The molecule has 0 unspecified atom stereocenters. The smallest absolute Gasteiger partial charge is 0.138 e. The van der Waals surface area contributed by atoms with Crippen LogP contribution in [0.2, 0.25) is 0 Å². The number of benzene rings is 1. The van der Waals surface area contributed by atoms with Gasteiger partial charge in [-0.05, 0) is 43.4 Å². The summed E-state index contributed by atoms with van der Waals surface area (Å²) in [4.78, 5) is 2.10. The van der Waals surface area contributed by atoms with Crippen LogP contribution < -0.4 is 10.6 Å². The third-order valence-corrected chi connectivity index (χ3v) is 3.66. The lowest BCUT2D eigenvalue weighted by molar-refractivity contribution is 0.464. The summed E-state index contributed by atoms with van der Waals surface area (Å²) in [6.45, 7) is 1.75. The fourth-order valence-corrected chi connectivity index (χ4v) is 2.05. The van der Waals surface area contributed by atoms with Gasteiger partial charge in [-0.2, -0.15) is 0 Å². The molecule has 0 spiro atoms. The molecule has 1 aromatic rings. The number of phenolic OH excluding ortho intramolecular Hbond substituents is 1. The Morgan fingerprint density at radius 2 is 2.06 bits per heavy atom. The maximum atomic E-state index is 9.72. The normalized spacial score (nSPS) is 17.1. The second-order valence-corrected chi connectivity index (χ2v) is 4.86. The maximum Gasteiger partial charge on any atom is 0.138 e. The largest absolute Gasteiger partial charge is 0.506 e. The van der Waals surface area contributed by atoms with Gasteiger partial charge in [0.1, 0.15) is 5.75 Å². The first-order chi connectivity index (χ1) is 7.67. The minimum atomic E-state index is 0.350. The number of anilines is 1. The van der Waals surface area contributed by atoms with Gasteiger partial charge in [0, 0.05) is 13.6 Å². The van der Waals surface area contributed by atoms with Crippen molar-refractivity contribution in [3.63, 3.8) is 0 Å². The summed E-state index contributed by atoms with van der Waals surface area (Å²) >= 11 is 0. The van der Waals surface area contributed by atoms with Gasteiger partial charge in [-0.3, -0.25) is 0 Å². The van der Waals surface area contributed by atoms with Gasteiger partial charge in [-0.1, -0.05) is 12.1 Å². The molecular weight excluding hydrogens is 200 g/mol. The van der Waals surface area contributed by atoms with Crippen molar-refractivity contribution in [1.82, 2.24) is 0 Å². The molecule has 0 saturated heterocycles. The molecule has 88 valence electrons. The van der Waals surface area contributed by atoms with Crippen LogP contribution in [0.25, 0.3) is 0 Å². The molecule has 1 aliphatic rings. The average Bonchev–Trinajstić information content (AvgIpc) is 3.07. The van der Waals surface area contributed by atoms with E-state index in [4.69, 9.17) is 5.73 Å². The quantitative estimate of drug-likeness (QED) is 0.797. The van der Waals surface area contributed by atoms with Crippen molar-refractivity contribution in [2.24, 2.45) is 11.1 Å². The highest BCUT2D eigenvalue weighted by molar-refractivity contribution is 5.56. The third kappa shape index (κ3) is 2.30. The lowest BCUT2D eigenvalue weighted by Crippen LogP contribution is -2.25. The maximum absolute atomic E-state index is 9.72. The summed E-state index contributed by atoms with van der Waals surface area (Å²) in [5.41, 5.74) is 7.06. The molecule has 1 aliphatic carbocycles. The van der Waals surface area contributed by atoms with Gasteiger partial charge in [0.25, 0.3) is 0 Å². The molecule has 3 nitrogen and oxygen atoms in total. The zero-order valence-electron chi connectivity index (χ0n) is 9.82. The molecule has 0 atom stereocenters. The van der Waals surface area contributed by atoms with Gasteiger partial charge in [-0.15, -0.1) is 0 Å². The number of hydrogen-bond acceptors (Lipinski definition) is 3. The SMILES string of the molecule is CN(CCC1(CN)CC1)c1ccccc1O. The molecule has 1 aromatic carbocycles. The number of phenols is 1. The van der Waals surface area contributed by atoms with Crippen molar-refractivity contribution in [1.29, 1.82) is 0 Å². The molecule has 3 heteroatoms. The molecule has 1 saturated carbocycles. The van der Waals surface area contributed by atoms with E-state index in [1.54, 1.807) is 6.07 Å². The van der Waals surface area contributed by atoms with E-state index in [-0.39, 0.29) is 0 Å². The number of aromatic hydroxyl groups is 1. The summed E-state index contributed by atoms with van der Waals surface area (Å²) in [7, 11) is 2.02. The van der Waals surface area contributed by atoms with Crippen LogP contribution >= 0.6 is 0 Å². The van der Waals surface area contributed by atoms with Crippen molar-refractivity contribution < 1.29 is 5.11 Å². The Morgan fingerprint density at radius 3 is 2.62 bits per heavy atom. The Balaban J connectivity index is 1.93. The zero-order chi connectivity index (χ0) is 11.6. The van der Waals surface area contributed by atoms with E-state index < -0.39 is 0 Å². The Kier molecular flexibility index (Phi) is 3.06. The summed E-state index contributed by atoms with van der Waals surface area (Å²) in [6.07, 6.45) is 3.64. The molecule has 0 aliphatic heterocycles. The van der Waals surface area contributed by atoms with E-state index in [0.717, 1.165) is 25.2 Å². The zero-order valence-corrected chi connectivity index (χ0v) is 9.82. The minimum absolute atomic E-state index is 0.350. The fraction of sp³-hybridized carbons (Fsp3) is 0.538. The molecule has 0 bridgehead atoms. The lowest BCUT2D eigenvalue weighted by Gasteiger charge is -2.23. The van der Waals surface area contributed by atoms with Crippen molar-refractivity contribution in [2.45, 2.75) is 19.3 Å². The fourth-order valence-electron chi connectivity index (χ4n) is 2.05. The van der Waals surface area contributed by atoms with E-state index in [1.807, 2.05) is 25.2 Å². The van der Waals surface area contributed by atoms with Crippen LogP contribution in [0.1, 0.15) is 19.3 Å². The van der Waals surface area contributed by atoms with E-state index >= 15 is 0 Å². The van der Waals surface area contributed by atoms with E-state index in [9.17, 15) is 5.11 Å². The van der Waals surface area contributed by atoms with Crippen molar-refractivity contribution >= 4 is 5.69 Å². The highest BCUT2D eigenvalue weighted by atomic mass is 16.3. The summed E-state index contributed by atoms with van der Waals surface area (Å²) in [5, 5.41) is 9.72. The van der Waals surface area contributed by atoms with Gasteiger partial charge in [0.05, 0.1) is 5.69 Å².